The molecule has 0 fully saturated rings. The van der Waals surface area contributed by atoms with Crippen LogP contribution in [0, 0.1) is 0 Å². The summed E-state index contributed by atoms with van der Waals surface area (Å²) in [5.41, 5.74) is 1.11. The molecule has 2 N–H and O–H groups in total. The third-order valence-electron chi connectivity index (χ3n) is 3.76. The molecule has 2 aromatic carbocycles. The third kappa shape index (κ3) is 4.89. The van der Waals surface area contributed by atoms with E-state index in [0.29, 0.717) is 27.8 Å². The Hall–Kier alpha value is -3.25. The zero-order valence-corrected chi connectivity index (χ0v) is 15.2. The van der Waals surface area contributed by atoms with Crippen LogP contribution >= 0.6 is 11.6 Å². The Labute approximate surface area is 161 Å². The molecule has 0 bridgehead atoms. The minimum Gasteiger partial charge on any atom is -0.497 e. The van der Waals surface area contributed by atoms with E-state index in [1.54, 1.807) is 67.8 Å². The van der Waals surface area contributed by atoms with Crippen molar-refractivity contribution in [2.45, 2.75) is 6.54 Å². The molecule has 0 unspecified atom stereocenters. The SMILES string of the molecule is COc1ccc(C(=O)NCc2ccc(C(=O)Nc3ccc(Cl)cc3)o2)cc1. The van der Waals surface area contributed by atoms with Crippen LogP contribution < -0.4 is 15.4 Å². The van der Waals surface area contributed by atoms with Gasteiger partial charge in [0.1, 0.15) is 11.5 Å². The number of nitrogens with one attached hydrogen (secondary N) is 2. The van der Waals surface area contributed by atoms with E-state index < -0.39 is 0 Å². The summed E-state index contributed by atoms with van der Waals surface area (Å²) in [6.07, 6.45) is 0. The van der Waals surface area contributed by atoms with Crippen molar-refractivity contribution in [3.8, 4) is 5.75 Å². The van der Waals surface area contributed by atoms with Crippen molar-refractivity contribution in [2.75, 3.05) is 12.4 Å². The van der Waals surface area contributed by atoms with Gasteiger partial charge in [-0.15, -0.1) is 0 Å². The number of halogens is 1. The Morgan fingerprint density at radius 2 is 1.67 bits per heavy atom. The van der Waals surface area contributed by atoms with Crippen LogP contribution in [0.5, 0.6) is 5.75 Å². The normalized spacial score (nSPS) is 10.3. The van der Waals surface area contributed by atoms with Crippen molar-refractivity contribution in [1.82, 2.24) is 5.32 Å². The molecule has 3 rings (SSSR count). The second kappa shape index (κ2) is 8.42. The number of furan rings is 1. The van der Waals surface area contributed by atoms with Gasteiger partial charge in [0.25, 0.3) is 11.8 Å². The maximum absolute atomic E-state index is 12.2. The first kappa shape index (κ1) is 18.5. The molecule has 0 atom stereocenters. The van der Waals surface area contributed by atoms with Gasteiger partial charge in [0.05, 0.1) is 13.7 Å². The van der Waals surface area contributed by atoms with Gasteiger partial charge in [-0.05, 0) is 60.7 Å². The topological polar surface area (TPSA) is 80.6 Å². The molecule has 0 aliphatic carbocycles. The zero-order chi connectivity index (χ0) is 19.2. The van der Waals surface area contributed by atoms with Gasteiger partial charge in [-0.2, -0.15) is 0 Å². The maximum atomic E-state index is 12.2. The lowest BCUT2D eigenvalue weighted by molar-refractivity contribution is 0.0948. The highest BCUT2D eigenvalue weighted by Gasteiger charge is 2.13. The summed E-state index contributed by atoms with van der Waals surface area (Å²) in [5.74, 6) is 0.664. The van der Waals surface area contributed by atoms with Crippen molar-refractivity contribution in [2.24, 2.45) is 0 Å². The van der Waals surface area contributed by atoms with Gasteiger partial charge < -0.3 is 19.8 Å². The van der Waals surface area contributed by atoms with Gasteiger partial charge in [0, 0.05) is 16.3 Å². The van der Waals surface area contributed by atoms with E-state index in [-0.39, 0.29) is 24.1 Å². The van der Waals surface area contributed by atoms with Crippen molar-refractivity contribution in [3.63, 3.8) is 0 Å². The standard InChI is InChI=1S/C20H17ClN2O4/c1-26-16-8-2-13(3-9-16)19(24)22-12-17-10-11-18(27-17)20(25)23-15-6-4-14(21)5-7-15/h2-11H,12H2,1H3,(H,22,24)(H,23,25). The van der Waals surface area contributed by atoms with Crippen LogP contribution in [-0.2, 0) is 6.54 Å². The number of amides is 2. The van der Waals surface area contributed by atoms with E-state index in [0.717, 1.165) is 0 Å². The zero-order valence-electron chi connectivity index (χ0n) is 14.5. The van der Waals surface area contributed by atoms with Crippen LogP contribution in [0.4, 0.5) is 5.69 Å². The summed E-state index contributed by atoms with van der Waals surface area (Å²) in [7, 11) is 1.56. The number of ether oxygens (including phenoxy) is 1. The van der Waals surface area contributed by atoms with Crippen LogP contribution in [-0.4, -0.2) is 18.9 Å². The molecule has 0 radical (unpaired) electrons. The summed E-state index contributed by atoms with van der Waals surface area (Å²) in [4.78, 5) is 24.3. The lowest BCUT2D eigenvalue weighted by atomic mass is 10.2. The van der Waals surface area contributed by atoms with E-state index in [1.165, 1.54) is 0 Å². The fourth-order valence-corrected chi connectivity index (χ4v) is 2.46. The van der Waals surface area contributed by atoms with Gasteiger partial charge in [-0.3, -0.25) is 9.59 Å². The van der Waals surface area contributed by atoms with Gasteiger partial charge >= 0.3 is 0 Å². The Kier molecular flexibility index (Phi) is 5.78. The fraction of sp³-hybridized carbons (Fsp3) is 0.100. The molecule has 27 heavy (non-hydrogen) atoms. The second-order valence-electron chi connectivity index (χ2n) is 5.64. The quantitative estimate of drug-likeness (QED) is 0.669. The lowest BCUT2D eigenvalue weighted by Gasteiger charge is -2.05. The van der Waals surface area contributed by atoms with Crippen molar-refractivity contribution < 1.29 is 18.7 Å². The number of rotatable bonds is 6. The largest absolute Gasteiger partial charge is 0.497 e. The van der Waals surface area contributed by atoms with Crippen molar-refractivity contribution in [3.05, 3.63) is 82.8 Å². The Bertz CT molecular complexity index is 933. The number of carbonyl (C=O) groups is 2. The van der Waals surface area contributed by atoms with E-state index in [4.69, 9.17) is 20.8 Å². The summed E-state index contributed by atoms with van der Waals surface area (Å²) < 4.78 is 10.6. The first-order valence-corrected chi connectivity index (χ1v) is 8.51. The summed E-state index contributed by atoms with van der Waals surface area (Å²) in [5, 5.41) is 6.03. The van der Waals surface area contributed by atoms with Crippen molar-refractivity contribution in [1.29, 1.82) is 0 Å². The first-order chi connectivity index (χ1) is 13.0. The lowest BCUT2D eigenvalue weighted by Crippen LogP contribution is -2.22. The molecule has 138 valence electrons. The molecule has 0 saturated heterocycles. The van der Waals surface area contributed by atoms with Gasteiger partial charge in [0.15, 0.2) is 5.76 Å². The first-order valence-electron chi connectivity index (χ1n) is 8.13. The minimum absolute atomic E-state index is 0.152. The van der Waals surface area contributed by atoms with Crippen LogP contribution in [0.15, 0.2) is 65.1 Å². The van der Waals surface area contributed by atoms with E-state index in [2.05, 4.69) is 10.6 Å². The number of benzene rings is 2. The third-order valence-corrected chi connectivity index (χ3v) is 4.01. The molecule has 2 amide bonds. The smallest absolute Gasteiger partial charge is 0.291 e. The average molecular weight is 385 g/mol. The Morgan fingerprint density at radius 3 is 2.33 bits per heavy atom. The molecular weight excluding hydrogens is 368 g/mol. The average Bonchev–Trinajstić information content (AvgIpc) is 3.17. The van der Waals surface area contributed by atoms with Crippen molar-refractivity contribution >= 4 is 29.1 Å². The predicted octanol–water partition coefficient (Wildman–Crippen LogP) is 4.12. The van der Waals surface area contributed by atoms with Crippen LogP contribution in [0.2, 0.25) is 5.02 Å². The van der Waals surface area contributed by atoms with Gasteiger partial charge in [-0.25, -0.2) is 0 Å². The summed E-state index contributed by atoms with van der Waals surface area (Å²) in [6, 6.07) is 16.7. The van der Waals surface area contributed by atoms with Crippen LogP contribution in [0.3, 0.4) is 0 Å². The molecule has 1 aromatic heterocycles. The van der Waals surface area contributed by atoms with Gasteiger partial charge in [-0.1, -0.05) is 11.6 Å². The summed E-state index contributed by atoms with van der Waals surface area (Å²) in [6.45, 7) is 0.166. The monoisotopic (exact) mass is 384 g/mol. The molecule has 0 aliphatic rings. The maximum Gasteiger partial charge on any atom is 0.291 e. The highest BCUT2D eigenvalue weighted by Crippen LogP contribution is 2.16. The molecule has 0 spiro atoms. The predicted molar refractivity (Wildman–Crippen MR) is 102 cm³/mol. The van der Waals surface area contributed by atoms with Gasteiger partial charge in [0.2, 0.25) is 0 Å². The molecule has 3 aromatic rings. The second-order valence-corrected chi connectivity index (χ2v) is 6.07. The molecule has 1 heterocycles. The number of anilines is 1. The van der Waals surface area contributed by atoms with Crippen LogP contribution in [0.1, 0.15) is 26.7 Å². The Balaban J connectivity index is 1.56. The number of hydrogen-bond donors (Lipinski definition) is 2. The molecule has 0 aliphatic heterocycles. The highest BCUT2D eigenvalue weighted by atomic mass is 35.5. The minimum atomic E-state index is -0.384. The number of hydrogen-bond acceptors (Lipinski definition) is 4. The van der Waals surface area contributed by atoms with E-state index in [9.17, 15) is 9.59 Å². The number of carbonyl (C=O) groups excluding carboxylic acids is 2. The Morgan fingerprint density at radius 1 is 0.963 bits per heavy atom. The molecule has 6 nitrogen and oxygen atoms in total. The van der Waals surface area contributed by atoms with E-state index in [1.807, 2.05) is 0 Å². The fourth-order valence-electron chi connectivity index (χ4n) is 2.33. The molecule has 7 heteroatoms. The number of methoxy groups -OCH3 is 1. The molecular formula is C20H17ClN2O4. The molecule has 0 saturated carbocycles. The highest BCUT2D eigenvalue weighted by molar-refractivity contribution is 6.30. The summed E-state index contributed by atoms with van der Waals surface area (Å²) >= 11 is 5.82. The van der Waals surface area contributed by atoms with E-state index >= 15 is 0 Å². The van der Waals surface area contributed by atoms with Crippen LogP contribution in [0.25, 0.3) is 0 Å².